The summed E-state index contributed by atoms with van der Waals surface area (Å²) < 4.78 is 0. The van der Waals surface area contributed by atoms with Gasteiger partial charge in [0.1, 0.15) is 0 Å². The van der Waals surface area contributed by atoms with Crippen molar-refractivity contribution >= 4 is 64.1 Å². The zero-order valence-corrected chi connectivity index (χ0v) is 15.8. The zero-order valence-electron chi connectivity index (χ0n) is 13.4. The molecule has 0 unspecified atom stereocenters. The normalized spacial score (nSPS) is 16.8. The minimum absolute atomic E-state index is 0.0602. The Morgan fingerprint density at radius 3 is 2.54 bits per heavy atom. The van der Waals surface area contributed by atoms with Gasteiger partial charge in [-0.05, 0) is 42.5 Å². The van der Waals surface area contributed by atoms with E-state index in [1.807, 2.05) is 0 Å². The fourth-order valence-electron chi connectivity index (χ4n) is 2.54. The molecule has 5 nitrogen and oxygen atoms in total. The van der Waals surface area contributed by atoms with E-state index in [2.05, 4.69) is 5.32 Å². The number of imide groups is 1. The minimum atomic E-state index is -0.580. The summed E-state index contributed by atoms with van der Waals surface area (Å²) in [6.45, 7) is 0. The van der Waals surface area contributed by atoms with Crippen LogP contribution < -0.4 is 10.2 Å². The number of thioether (sulfide) groups is 1. The molecule has 2 aromatic rings. The first-order valence-electron chi connectivity index (χ1n) is 7.73. The monoisotopic (exact) mass is 408 g/mol. The van der Waals surface area contributed by atoms with Crippen molar-refractivity contribution in [3.63, 3.8) is 0 Å². The van der Waals surface area contributed by atoms with Crippen LogP contribution in [0.1, 0.15) is 6.42 Å². The maximum Gasteiger partial charge on any atom is 0.247 e. The molecule has 134 valence electrons. The molecule has 2 aromatic carbocycles. The highest BCUT2D eigenvalue weighted by Gasteiger charge is 2.40. The molecule has 0 radical (unpaired) electrons. The molecule has 1 N–H and O–H groups in total. The molecular formula is C18H14Cl2N2O3S. The standard InChI is InChI=1S/C18H14Cl2N2O3S/c19-11-4-6-14(7-5-11)22-17(24)9-15(18(22)25)26-10-16(23)21-13-3-1-2-12(20)8-13/h1-8,15H,9-10H2,(H,21,23)/t15-/m0/s1. The molecule has 0 spiro atoms. The van der Waals surface area contributed by atoms with E-state index in [1.54, 1.807) is 48.5 Å². The summed E-state index contributed by atoms with van der Waals surface area (Å²) in [5, 5.41) is 3.18. The number of hydrogen-bond donors (Lipinski definition) is 1. The molecule has 1 aliphatic rings. The van der Waals surface area contributed by atoms with Crippen LogP contribution in [0.2, 0.25) is 10.0 Å². The summed E-state index contributed by atoms with van der Waals surface area (Å²) in [5.41, 5.74) is 1.07. The van der Waals surface area contributed by atoms with Gasteiger partial charge >= 0.3 is 0 Å². The predicted octanol–water partition coefficient (Wildman–Crippen LogP) is 4.00. The quantitative estimate of drug-likeness (QED) is 0.759. The SMILES string of the molecule is O=C(CS[C@H]1CC(=O)N(c2ccc(Cl)cc2)C1=O)Nc1cccc(Cl)c1. The van der Waals surface area contributed by atoms with E-state index in [4.69, 9.17) is 23.2 Å². The van der Waals surface area contributed by atoms with Crippen molar-refractivity contribution in [3.05, 3.63) is 58.6 Å². The first-order chi connectivity index (χ1) is 12.4. The van der Waals surface area contributed by atoms with Crippen LogP contribution in [0.4, 0.5) is 11.4 Å². The van der Waals surface area contributed by atoms with Gasteiger partial charge in [0.2, 0.25) is 17.7 Å². The zero-order chi connectivity index (χ0) is 18.7. The van der Waals surface area contributed by atoms with Crippen LogP contribution in [-0.2, 0) is 14.4 Å². The lowest BCUT2D eigenvalue weighted by molar-refractivity contribution is -0.121. The fourth-order valence-corrected chi connectivity index (χ4v) is 3.78. The summed E-state index contributed by atoms with van der Waals surface area (Å²) in [5.74, 6) is -0.810. The largest absolute Gasteiger partial charge is 0.325 e. The van der Waals surface area contributed by atoms with Crippen molar-refractivity contribution in [1.82, 2.24) is 0 Å². The van der Waals surface area contributed by atoms with Gasteiger partial charge in [-0.3, -0.25) is 14.4 Å². The summed E-state index contributed by atoms with van der Waals surface area (Å²) in [7, 11) is 0. The second kappa shape index (κ2) is 8.12. The highest BCUT2D eigenvalue weighted by molar-refractivity contribution is 8.01. The molecule has 0 aromatic heterocycles. The van der Waals surface area contributed by atoms with Crippen LogP contribution in [0.5, 0.6) is 0 Å². The fraction of sp³-hybridized carbons (Fsp3) is 0.167. The Morgan fingerprint density at radius 1 is 1.12 bits per heavy atom. The lowest BCUT2D eigenvalue weighted by Crippen LogP contribution is -2.31. The lowest BCUT2D eigenvalue weighted by atomic mass is 10.3. The maximum atomic E-state index is 12.5. The first kappa shape index (κ1) is 18.8. The summed E-state index contributed by atoms with van der Waals surface area (Å²) in [6.07, 6.45) is 0.0660. The summed E-state index contributed by atoms with van der Waals surface area (Å²) >= 11 is 12.9. The third kappa shape index (κ3) is 4.38. The second-order valence-corrected chi connectivity index (χ2v) is 7.67. The predicted molar refractivity (Wildman–Crippen MR) is 105 cm³/mol. The van der Waals surface area contributed by atoms with Gasteiger partial charge in [0.15, 0.2) is 0 Å². The van der Waals surface area contributed by atoms with Crippen molar-refractivity contribution in [3.8, 4) is 0 Å². The van der Waals surface area contributed by atoms with E-state index in [1.165, 1.54) is 0 Å². The van der Waals surface area contributed by atoms with E-state index in [0.717, 1.165) is 16.7 Å². The Hall–Kier alpha value is -2.02. The molecule has 26 heavy (non-hydrogen) atoms. The van der Waals surface area contributed by atoms with E-state index in [0.29, 0.717) is 21.4 Å². The number of hydrogen-bond acceptors (Lipinski definition) is 4. The van der Waals surface area contributed by atoms with Crippen molar-refractivity contribution in [2.24, 2.45) is 0 Å². The molecule has 8 heteroatoms. The Morgan fingerprint density at radius 2 is 1.85 bits per heavy atom. The maximum absolute atomic E-state index is 12.5. The Kier molecular flexibility index (Phi) is 5.86. The van der Waals surface area contributed by atoms with Crippen LogP contribution in [0.25, 0.3) is 0 Å². The van der Waals surface area contributed by atoms with Crippen molar-refractivity contribution < 1.29 is 14.4 Å². The average Bonchev–Trinajstić information content (AvgIpc) is 2.88. The molecule has 0 bridgehead atoms. The number of amides is 3. The number of carbonyl (C=O) groups is 3. The number of nitrogens with one attached hydrogen (secondary N) is 1. The highest BCUT2D eigenvalue weighted by atomic mass is 35.5. The summed E-state index contributed by atoms with van der Waals surface area (Å²) in [6, 6.07) is 13.3. The van der Waals surface area contributed by atoms with Gasteiger partial charge in [-0.25, -0.2) is 4.90 Å². The van der Waals surface area contributed by atoms with Gasteiger partial charge in [-0.2, -0.15) is 0 Å². The van der Waals surface area contributed by atoms with Crippen LogP contribution in [0.3, 0.4) is 0 Å². The molecule has 0 saturated carbocycles. The van der Waals surface area contributed by atoms with E-state index in [-0.39, 0.29) is 29.9 Å². The van der Waals surface area contributed by atoms with E-state index in [9.17, 15) is 14.4 Å². The minimum Gasteiger partial charge on any atom is -0.325 e. The number of anilines is 2. The number of rotatable bonds is 5. The van der Waals surface area contributed by atoms with Gasteiger partial charge in [-0.15, -0.1) is 11.8 Å². The molecule has 3 rings (SSSR count). The number of benzene rings is 2. The number of carbonyl (C=O) groups excluding carboxylic acids is 3. The van der Waals surface area contributed by atoms with Crippen LogP contribution in [-0.4, -0.2) is 28.7 Å². The van der Waals surface area contributed by atoms with Crippen molar-refractivity contribution in [2.45, 2.75) is 11.7 Å². The van der Waals surface area contributed by atoms with Crippen LogP contribution in [0, 0.1) is 0 Å². The van der Waals surface area contributed by atoms with Gasteiger partial charge < -0.3 is 5.32 Å². The third-order valence-corrected chi connectivity index (χ3v) is 5.40. The second-order valence-electron chi connectivity index (χ2n) is 5.61. The molecular weight excluding hydrogens is 395 g/mol. The smallest absolute Gasteiger partial charge is 0.247 e. The molecule has 1 heterocycles. The van der Waals surface area contributed by atoms with E-state index >= 15 is 0 Å². The van der Waals surface area contributed by atoms with E-state index < -0.39 is 5.25 Å². The number of nitrogens with zero attached hydrogens (tertiary/aromatic N) is 1. The summed E-state index contributed by atoms with van der Waals surface area (Å²) in [4.78, 5) is 37.9. The molecule has 0 aliphatic carbocycles. The molecule has 1 atom stereocenters. The van der Waals surface area contributed by atoms with Gasteiger partial charge in [0, 0.05) is 22.2 Å². The Bertz CT molecular complexity index is 858. The van der Waals surface area contributed by atoms with Crippen LogP contribution in [0.15, 0.2) is 48.5 Å². The Labute approximate surface area is 164 Å². The average molecular weight is 409 g/mol. The first-order valence-corrected chi connectivity index (χ1v) is 9.54. The lowest BCUT2D eigenvalue weighted by Gasteiger charge is -2.15. The Balaban J connectivity index is 1.59. The molecule has 1 aliphatic heterocycles. The number of halogens is 2. The van der Waals surface area contributed by atoms with Gasteiger partial charge in [0.05, 0.1) is 16.7 Å². The molecule has 3 amide bonds. The van der Waals surface area contributed by atoms with Gasteiger partial charge in [-0.1, -0.05) is 29.3 Å². The van der Waals surface area contributed by atoms with Crippen molar-refractivity contribution in [1.29, 1.82) is 0 Å². The third-order valence-electron chi connectivity index (χ3n) is 3.71. The molecule has 1 saturated heterocycles. The van der Waals surface area contributed by atoms with Crippen molar-refractivity contribution in [2.75, 3.05) is 16.0 Å². The molecule has 1 fully saturated rings. The highest BCUT2D eigenvalue weighted by Crippen LogP contribution is 2.30. The van der Waals surface area contributed by atoms with Crippen LogP contribution >= 0.6 is 35.0 Å². The topological polar surface area (TPSA) is 66.5 Å². The van der Waals surface area contributed by atoms with Gasteiger partial charge in [0.25, 0.3) is 0 Å².